The van der Waals surface area contributed by atoms with Gasteiger partial charge in [-0.25, -0.2) is 15.0 Å². The summed E-state index contributed by atoms with van der Waals surface area (Å²) in [5.41, 5.74) is 3.17. The van der Waals surface area contributed by atoms with Crippen molar-refractivity contribution in [3.05, 3.63) is 24.7 Å². The van der Waals surface area contributed by atoms with Crippen molar-refractivity contribution in [3.8, 4) is 28.8 Å². The fraction of sp³-hybridized carbons (Fsp3) is 0.455. The minimum absolute atomic E-state index is 0.0618. The maximum absolute atomic E-state index is 11.7. The van der Waals surface area contributed by atoms with E-state index in [9.17, 15) is 4.79 Å². The molecule has 5 rings (SSSR count). The molecule has 0 bridgehead atoms. The Morgan fingerprint density at radius 3 is 2.68 bits per heavy atom. The zero-order valence-corrected chi connectivity index (χ0v) is 17.8. The summed E-state index contributed by atoms with van der Waals surface area (Å²) in [4.78, 5) is 25.5. The van der Waals surface area contributed by atoms with Crippen LogP contribution in [0.4, 0.5) is 0 Å². The van der Waals surface area contributed by atoms with E-state index in [4.69, 9.17) is 19.2 Å². The topological polar surface area (TPSA) is 100 Å². The lowest BCUT2D eigenvalue weighted by Crippen LogP contribution is -2.26. The van der Waals surface area contributed by atoms with Crippen LogP contribution in [0.1, 0.15) is 32.2 Å². The van der Waals surface area contributed by atoms with Crippen LogP contribution in [0.5, 0.6) is 17.5 Å². The summed E-state index contributed by atoms with van der Waals surface area (Å²) < 4.78 is 19.2. The molecule has 9 heteroatoms. The normalized spacial score (nSPS) is 19.3. The zero-order chi connectivity index (χ0) is 21.5. The molecule has 1 amide bonds. The first-order valence-electron chi connectivity index (χ1n) is 10.5. The van der Waals surface area contributed by atoms with Gasteiger partial charge in [-0.15, -0.1) is 0 Å². The van der Waals surface area contributed by atoms with Crippen LogP contribution in [0, 0.1) is 5.92 Å². The number of amides is 1. The van der Waals surface area contributed by atoms with Gasteiger partial charge in [0, 0.05) is 36.7 Å². The number of rotatable bonds is 7. The van der Waals surface area contributed by atoms with Gasteiger partial charge in [-0.2, -0.15) is 0 Å². The highest BCUT2D eigenvalue weighted by Crippen LogP contribution is 2.41. The predicted molar refractivity (Wildman–Crippen MR) is 113 cm³/mol. The first kappa shape index (κ1) is 19.6. The van der Waals surface area contributed by atoms with Gasteiger partial charge in [-0.1, -0.05) is 0 Å². The Bertz CT molecular complexity index is 1140. The van der Waals surface area contributed by atoms with Crippen molar-refractivity contribution in [1.82, 2.24) is 24.8 Å². The molecule has 31 heavy (non-hydrogen) atoms. The number of pyridine rings is 2. The first-order chi connectivity index (χ1) is 15.1. The van der Waals surface area contributed by atoms with Crippen LogP contribution >= 0.6 is 0 Å². The molecule has 2 fully saturated rings. The number of carbonyl (C=O) groups excluding carboxylic acids is 1. The summed E-state index contributed by atoms with van der Waals surface area (Å²) in [5.74, 6) is 1.63. The Morgan fingerprint density at radius 2 is 2.00 bits per heavy atom. The van der Waals surface area contributed by atoms with Gasteiger partial charge in [0.15, 0.2) is 5.75 Å². The van der Waals surface area contributed by atoms with E-state index in [-0.39, 0.29) is 17.9 Å². The fourth-order valence-corrected chi connectivity index (χ4v) is 3.99. The summed E-state index contributed by atoms with van der Waals surface area (Å²) in [6.45, 7) is 2.60. The van der Waals surface area contributed by atoms with Gasteiger partial charge in [0.1, 0.15) is 11.6 Å². The molecule has 1 saturated heterocycles. The van der Waals surface area contributed by atoms with E-state index in [1.54, 1.807) is 20.4 Å². The van der Waals surface area contributed by atoms with Crippen LogP contribution < -0.4 is 19.5 Å². The van der Waals surface area contributed by atoms with Gasteiger partial charge in [0.05, 0.1) is 31.8 Å². The molecule has 0 spiro atoms. The Labute approximate surface area is 179 Å². The molecular formula is C22H25N5O4. The summed E-state index contributed by atoms with van der Waals surface area (Å²) in [7, 11) is 3.12. The SMILES string of the molecule is COc1cc(-c2cc3ncn(C4CC4)c3c(O[C@H](C)C3CNC(=O)C3)n2)cnc1OC. The van der Waals surface area contributed by atoms with Crippen LogP contribution in [-0.4, -0.2) is 52.3 Å². The Morgan fingerprint density at radius 1 is 1.16 bits per heavy atom. The van der Waals surface area contributed by atoms with Gasteiger partial charge < -0.3 is 24.1 Å². The summed E-state index contributed by atoms with van der Waals surface area (Å²) in [6.07, 6.45) is 6.10. The monoisotopic (exact) mass is 423 g/mol. The average molecular weight is 423 g/mol. The lowest BCUT2D eigenvalue weighted by atomic mass is 10.0. The molecule has 1 saturated carbocycles. The average Bonchev–Trinajstić information content (AvgIpc) is 3.38. The predicted octanol–water partition coefficient (Wildman–Crippen LogP) is 2.75. The van der Waals surface area contributed by atoms with Crippen LogP contribution in [-0.2, 0) is 4.79 Å². The number of ether oxygens (including phenoxy) is 3. The molecule has 0 aromatic carbocycles. The lowest BCUT2D eigenvalue weighted by Gasteiger charge is -2.20. The van der Waals surface area contributed by atoms with Crippen molar-refractivity contribution in [2.75, 3.05) is 20.8 Å². The third-order valence-electron chi connectivity index (χ3n) is 5.96. The molecular weight excluding hydrogens is 398 g/mol. The number of aromatic nitrogens is 4. The van der Waals surface area contributed by atoms with E-state index in [1.807, 2.05) is 25.4 Å². The standard InChI is InChI=1S/C22H25N5O4/c1-12(13-7-19(28)23-9-13)31-22-20-17(25-11-27(20)15-4-5-15)8-16(26-22)14-6-18(29-2)21(30-3)24-10-14/h6,8,10-13,15H,4-5,7,9H2,1-3H3,(H,23,28)/t12-,13?/m1/s1. The highest BCUT2D eigenvalue weighted by atomic mass is 16.5. The van der Waals surface area contributed by atoms with E-state index < -0.39 is 0 Å². The van der Waals surface area contributed by atoms with E-state index in [0.29, 0.717) is 42.2 Å². The maximum Gasteiger partial charge on any atom is 0.256 e. The minimum Gasteiger partial charge on any atom is -0.491 e. The number of hydrogen-bond acceptors (Lipinski definition) is 7. The summed E-state index contributed by atoms with van der Waals surface area (Å²) >= 11 is 0. The van der Waals surface area contributed by atoms with E-state index in [2.05, 4.69) is 19.9 Å². The van der Waals surface area contributed by atoms with E-state index in [1.165, 1.54) is 0 Å². The van der Waals surface area contributed by atoms with Crippen molar-refractivity contribution < 1.29 is 19.0 Å². The van der Waals surface area contributed by atoms with Crippen LogP contribution in [0.3, 0.4) is 0 Å². The molecule has 2 aliphatic rings. The van der Waals surface area contributed by atoms with Crippen molar-refractivity contribution in [3.63, 3.8) is 0 Å². The van der Waals surface area contributed by atoms with Crippen molar-refractivity contribution in [2.45, 2.75) is 38.3 Å². The lowest BCUT2D eigenvalue weighted by molar-refractivity contribution is -0.119. The minimum atomic E-state index is -0.170. The van der Waals surface area contributed by atoms with Gasteiger partial charge in [-0.05, 0) is 31.9 Å². The Balaban J connectivity index is 1.57. The van der Waals surface area contributed by atoms with Gasteiger partial charge in [0.25, 0.3) is 5.88 Å². The molecule has 1 aliphatic carbocycles. The molecule has 4 heterocycles. The van der Waals surface area contributed by atoms with Crippen molar-refractivity contribution in [1.29, 1.82) is 0 Å². The highest BCUT2D eigenvalue weighted by molar-refractivity contribution is 5.85. The fourth-order valence-electron chi connectivity index (χ4n) is 3.99. The zero-order valence-electron chi connectivity index (χ0n) is 17.8. The smallest absolute Gasteiger partial charge is 0.256 e. The van der Waals surface area contributed by atoms with E-state index >= 15 is 0 Å². The number of hydrogen-bond donors (Lipinski definition) is 1. The second-order valence-electron chi connectivity index (χ2n) is 8.09. The highest BCUT2D eigenvalue weighted by Gasteiger charge is 2.31. The number of fused-ring (bicyclic) bond motifs is 1. The van der Waals surface area contributed by atoms with Crippen LogP contribution in [0.2, 0.25) is 0 Å². The third kappa shape index (κ3) is 3.64. The number of carbonyl (C=O) groups is 1. The Hall–Kier alpha value is -3.36. The molecule has 1 aliphatic heterocycles. The summed E-state index contributed by atoms with van der Waals surface area (Å²) in [6, 6.07) is 4.22. The summed E-state index contributed by atoms with van der Waals surface area (Å²) in [5, 5.41) is 2.88. The number of imidazole rings is 1. The van der Waals surface area contributed by atoms with Gasteiger partial charge >= 0.3 is 0 Å². The molecule has 9 nitrogen and oxygen atoms in total. The van der Waals surface area contributed by atoms with Crippen molar-refractivity contribution in [2.24, 2.45) is 5.92 Å². The van der Waals surface area contributed by atoms with Crippen LogP contribution in [0.25, 0.3) is 22.3 Å². The van der Waals surface area contributed by atoms with Gasteiger partial charge in [0.2, 0.25) is 11.8 Å². The molecule has 1 unspecified atom stereocenters. The largest absolute Gasteiger partial charge is 0.491 e. The number of methoxy groups -OCH3 is 2. The molecule has 3 aromatic heterocycles. The second-order valence-corrected chi connectivity index (χ2v) is 8.09. The maximum atomic E-state index is 11.7. The molecule has 0 radical (unpaired) electrons. The number of nitrogens with zero attached hydrogens (tertiary/aromatic N) is 4. The van der Waals surface area contributed by atoms with E-state index in [0.717, 1.165) is 29.4 Å². The molecule has 3 aromatic rings. The van der Waals surface area contributed by atoms with Crippen molar-refractivity contribution >= 4 is 16.9 Å². The number of nitrogens with one attached hydrogen (secondary N) is 1. The third-order valence-corrected chi connectivity index (χ3v) is 5.96. The quantitative estimate of drug-likeness (QED) is 0.624. The Kier molecular flexibility index (Phi) is 4.88. The van der Waals surface area contributed by atoms with Gasteiger partial charge in [-0.3, -0.25) is 4.79 Å². The molecule has 1 N–H and O–H groups in total. The first-order valence-corrected chi connectivity index (χ1v) is 10.5. The second kappa shape index (κ2) is 7.72. The van der Waals surface area contributed by atoms with Crippen LogP contribution in [0.15, 0.2) is 24.7 Å². The molecule has 2 atom stereocenters. The molecule has 162 valence electrons.